The van der Waals surface area contributed by atoms with Gasteiger partial charge in [0.2, 0.25) is 0 Å². The van der Waals surface area contributed by atoms with Crippen LogP contribution in [0.3, 0.4) is 0 Å². The van der Waals surface area contributed by atoms with Gasteiger partial charge in [-0.1, -0.05) is 41.6 Å². The Morgan fingerprint density at radius 1 is 1.24 bits per heavy atom. The second-order valence-corrected chi connectivity index (χ2v) is 4.16. The quantitative estimate of drug-likeness (QED) is 0.288. The van der Waals surface area contributed by atoms with Gasteiger partial charge in [-0.25, -0.2) is 0 Å². The molecule has 0 atom stereocenters. The van der Waals surface area contributed by atoms with Gasteiger partial charge in [0.25, 0.3) is 0 Å². The first-order valence-electron chi connectivity index (χ1n) is 6.05. The number of nitro benzene ring substituents is 1. The molecule has 0 unspecified atom stereocenters. The number of benzene rings is 2. The molecule has 0 saturated heterocycles. The van der Waals surface area contributed by atoms with E-state index in [0.717, 1.165) is 0 Å². The summed E-state index contributed by atoms with van der Waals surface area (Å²) in [5.41, 5.74) is 6.64. The topological polar surface area (TPSA) is 111 Å². The number of hydrogen-bond acceptors (Lipinski definition) is 5. The van der Waals surface area contributed by atoms with Crippen molar-refractivity contribution in [2.24, 2.45) is 10.9 Å². The van der Waals surface area contributed by atoms with Crippen LogP contribution in [0, 0.1) is 10.1 Å². The number of nitro groups is 1. The zero-order valence-corrected chi connectivity index (χ0v) is 11.0. The zero-order valence-electron chi connectivity index (χ0n) is 11.0. The summed E-state index contributed by atoms with van der Waals surface area (Å²) in [5, 5.41) is 22.6. The van der Waals surface area contributed by atoms with Crippen LogP contribution in [0.4, 0.5) is 5.69 Å². The highest BCUT2D eigenvalue weighted by molar-refractivity contribution is 5.98. The lowest BCUT2D eigenvalue weighted by molar-refractivity contribution is -0.385. The van der Waals surface area contributed by atoms with Crippen LogP contribution in [0.5, 0.6) is 5.75 Å². The van der Waals surface area contributed by atoms with Crippen LogP contribution in [0.2, 0.25) is 0 Å². The van der Waals surface area contributed by atoms with Crippen molar-refractivity contribution in [2.75, 3.05) is 0 Å². The molecule has 108 valence electrons. The van der Waals surface area contributed by atoms with Crippen LogP contribution in [0.15, 0.2) is 53.7 Å². The lowest BCUT2D eigenvalue weighted by Gasteiger charge is -2.10. The second kappa shape index (κ2) is 6.38. The van der Waals surface area contributed by atoms with Crippen LogP contribution in [0.1, 0.15) is 11.1 Å². The van der Waals surface area contributed by atoms with E-state index in [1.165, 1.54) is 12.1 Å². The summed E-state index contributed by atoms with van der Waals surface area (Å²) in [6.07, 6.45) is 0. The summed E-state index contributed by atoms with van der Waals surface area (Å²) in [6, 6.07) is 13.0. The van der Waals surface area contributed by atoms with Crippen molar-refractivity contribution < 1.29 is 14.9 Å². The predicted octanol–water partition coefficient (Wildman–Crippen LogP) is 2.27. The number of rotatable bonds is 5. The predicted molar refractivity (Wildman–Crippen MR) is 76.4 cm³/mol. The molecule has 0 aliphatic heterocycles. The highest BCUT2D eigenvalue weighted by Gasteiger charge is 2.14. The van der Waals surface area contributed by atoms with E-state index in [0.29, 0.717) is 11.1 Å². The number of para-hydroxylation sites is 2. The summed E-state index contributed by atoms with van der Waals surface area (Å²) in [7, 11) is 0. The molecule has 2 aromatic carbocycles. The molecule has 21 heavy (non-hydrogen) atoms. The van der Waals surface area contributed by atoms with Crippen molar-refractivity contribution in [1.29, 1.82) is 0 Å². The molecule has 0 radical (unpaired) electrons. The molecule has 0 amide bonds. The average Bonchev–Trinajstić information content (AvgIpc) is 2.52. The SMILES string of the molecule is N/C(=N\O)c1ccccc1COc1ccccc1[N+](=O)[O-]. The normalized spacial score (nSPS) is 11.1. The largest absolute Gasteiger partial charge is 0.482 e. The molecule has 3 N–H and O–H groups in total. The van der Waals surface area contributed by atoms with E-state index >= 15 is 0 Å². The van der Waals surface area contributed by atoms with Crippen LogP contribution in [-0.2, 0) is 6.61 Å². The molecule has 0 heterocycles. The molecule has 0 aliphatic carbocycles. The molecular formula is C14H13N3O4. The Morgan fingerprint density at radius 2 is 1.90 bits per heavy atom. The van der Waals surface area contributed by atoms with Gasteiger partial charge in [0, 0.05) is 17.2 Å². The van der Waals surface area contributed by atoms with Gasteiger partial charge in [0.05, 0.1) is 4.92 Å². The third-order valence-corrected chi connectivity index (χ3v) is 2.85. The summed E-state index contributed by atoms with van der Waals surface area (Å²) >= 11 is 0. The minimum atomic E-state index is -0.509. The van der Waals surface area contributed by atoms with Crippen molar-refractivity contribution in [3.8, 4) is 5.75 Å². The summed E-state index contributed by atoms with van der Waals surface area (Å²) in [4.78, 5) is 10.4. The van der Waals surface area contributed by atoms with E-state index in [1.807, 2.05) is 0 Å². The Morgan fingerprint density at radius 3 is 2.62 bits per heavy atom. The fourth-order valence-corrected chi connectivity index (χ4v) is 1.84. The zero-order chi connectivity index (χ0) is 15.2. The Labute approximate surface area is 120 Å². The van der Waals surface area contributed by atoms with Crippen LogP contribution in [0.25, 0.3) is 0 Å². The number of amidine groups is 1. The highest BCUT2D eigenvalue weighted by Crippen LogP contribution is 2.27. The maximum atomic E-state index is 10.9. The molecule has 7 heteroatoms. The molecule has 0 aliphatic rings. The van der Waals surface area contributed by atoms with Crippen molar-refractivity contribution in [2.45, 2.75) is 6.61 Å². The van der Waals surface area contributed by atoms with E-state index < -0.39 is 4.92 Å². The number of nitrogens with two attached hydrogens (primary N) is 1. The Kier molecular flexibility index (Phi) is 4.35. The van der Waals surface area contributed by atoms with Gasteiger partial charge in [-0.15, -0.1) is 0 Å². The monoisotopic (exact) mass is 287 g/mol. The maximum Gasteiger partial charge on any atom is 0.310 e. The molecule has 7 nitrogen and oxygen atoms in total. The minimum absolute atomic E-state index is 0.0447. The smallest absolute Gasteiger partial charge is 0.310 e. The fourth-order valence-electron chi connectivity index (χ4n) is 1.84. The fraction of sp³-hybridized carbons (Fsp3) is 0.0714. The molecule has 2 aromatic rings. The Hall–Kier alpha value is -3.09. The third kappa shape index (κ3) is 3.27. The molecule has 0 aromatic heterocycles. The van der Waals surface area contributed by atoms with Gasteiger partial charge in [0.15, 0.2) is 11.6 Å². The van der Waals surface area contributed by atoms with Gasteiger partial charge in [0.1, 0.15) is 6.61 Å². The van der Waals surface area contributed by atoms with E-state index in [9.17, 15) is 10.1 Å². The second-order valence-electron chi connectivity index (χ2n) is 4.16. The van der Waals surface area contributed by atoms with Crippen LogP contribution < -0.4 is 10.5 Å². The Balaban J connectivity index is 2.24. The average molecular weight is 287 g/mol. The highest BCUT2D eigenvalue weighted by atomic mass is 16.6. The van der Waals surface area contributed by atoms with Gasteiger partial charge < -0.3 is 15.7 Å². The number of ether oxygens (including phenoxy) is 1. The Bertz CT molecular complexity index is 685. The molecule has 0 spiro atoms. The van der Waals surface area contributed by atoms with E-state index in [-0.39, 0.29) is 23.9 Å². The first-order chi connectivity index (χ1) is 10.1. The van der Waals surface area contributed by atoms with Crippen molar-refractivity contribution in [3.63, 3.8) is 0 Å². The summed E-state index contributed by atoms with van der Waals surface area (Å²) < 4.78 is 5.49. The number of hydrogen-bond donors (Lipinski definition) is 2. The summed E-state index contributed by atoms with van der Waals surface area (Å²) in [5.74, 6) is 0.119. The van der Waals surface area contributed by atoms with Crippen LogP contribution in [-0.4, -0.2) is 16.0 Å². The first-order valence-corrected chi connectivity index (χ1v) is 6.05. The molecule has 0 fully saturated rings. The third-order valence-electron chi connectivity index (χ3n) is 2.85. The maximum absolute atomic E-state index is 10.9. The van der Waals surface area contributed by atoms with Crippen LogP contribution >= 0.6 is 0 Å². The standard InChI is InChI=1S/C14H13N3O4/c15-14(16-18)11-6-2-1-5-10(11)9-21-13-8-4-3-7-12(13)17(19)20/h1-8,18H,9H2,(H2,15,16). The van der Waals surface area contributed by atoms with Gasteiger partial charge in [-0.2, -0.15) is 0 Å². The van der Waals surface area contributed by atoms with E-state index in [1.54, 1.807) is 36.4 Å². The number of nitrogens with zero attached hydrogens (tertiary/aromatic N) is 2. The lowest BCUT2D eigenvalue weighted by atomic mass is 10.1. The van der Waals surface area contributed by atoms with Crippen molar-refractivity contribution >= 4 is 11.5 Å². The van der Waals surface area contributed by atoms with Gasteiger partial charge in [-0.05, 0) is 6.07 Å². The molecule has 0 saturated carbocycles. The molecule has 0 bridgehead atoms. The molecular weight excluding hydrogens is 274 g/mol. The minimum Gasteiger partial charge on any atom is -0.482 e. The first kappa shape index (κ1) is 14.3. The van der Waals surface area contributed by atoms with Gasteiger partial charge >= 0.3 is 5.69 Å². The van der Waals surface area contributed by atoms with Crippen molar-refractivity contribution in [3.05, 3.63) is 69.8 Å². The lowest BCUT2D eigenvalue weighted by Crippen LogP contribution is -2.16. The summed E-state index contributed by atoms with van der Waals surface area (Å²) in [6.45, 7) is 0.0667. The van der Waals surface area contributed by atoms with Crippen molar-refractivity contribution in [1.82, 2.24) is 0 Å². The molecule has 2 rings (SSSR count). The van der Waals surface area contributed by atoms with Gasteiger partial charge in [-0.3, -0.25) is 10.1 Å². The van der Waals surface area contributed by atoms with E-state index in [2.05, 4.69) is 5.16 Å². The number of oxime groups is 1. The van der Waals surface area contributed by atoms with E-state index in [4.69, 9.17) is 15.7 Å².